The van der Waals surface area contributed by atoms with Gasteiger partial charge in [-0.2, -0.15) is 13.2 Å². The van der Waals surface area contributed by atoms with Crippen LogP contribution >= 0.6 is 15.9 Å². The molecule has 0 atom stereocenters. The molecule has 3 aromatic rings. The monoisotopic (exact) mass is 533 g/mol. The first kappa shape index (κ1) is 24.6. The number of halogens is 4. The Kier molecular flexibility index (Phi) is 7.52. The standard InChI is InChI=1S/C25H27BrF3N5/c1-17(2)33-14-11-21(12-15-33)34(16-20-4-3-5-23(26)31-20)24-30-13-10-22(32-24)18-6-8-19(9-7-18)25(27,28)29/h3-10,13,17,21H,11-12,14-16H2,1-2H3. The number of piperidine rings is 1. The second-order valence-electron chi connectivity index (χ2n) is 8.76. The Balaban J connectivity index is 1.63. The van der Waals surface area contributed by atoms with Crippen LogP contribution in [0.2, 0.25) is 0 Å². The fourth-order valence-electron chi connectivity index (χ4n) is 4.27. The molecule has 9 heteroatoms. The molecule has 1 aromatic carbocycles. The zero-order valence-electron chi connectivity index (χ0n) is 19.1. The summed E-state index contributed by atoms with van der Waals surface area (Å²) in [6, 6.07) is 13.3. The van der Waals surface area contributed by atoms with Crippen LogP contribution in [0.5, 0.6) is 0 Å². The molecule has 180 valence electrons. The molecule has 34 heavy (non-hydrogen) atoms. The molecular weight excluding hydrogens is 507 g/mol. The summed E-state index contributed by atoms with van der Waals surface area (Å²) in [7, 11) is 0. The number of aromatic nitrogens is 3. The molecule has 1 fully saturated rings. The molecule has 1 aliphatic heterocycles. The number of pyridine rings is 1. The Hall–Kier alpha value is -2.52. The summed E-state index contributed by atoms with van der Waals surface area (Å²) in [5.74, 6) is 0.558. The first-order valence-corrected chi connectivity index (χ1v) is 12.1. The molecule has 0 unspecified atom stereocenters. The van der Waals surface area contributed by atoms with Crippen LogP contribution in [0.3, 0.4) is 0 Å². The average molecular weight is 534 g/mol. The highest BCUT2D eigenvalue weighted by Crippen LogP contribution is 2.31. The van der Waals surface area contributed by atoms with Crippen molar-refractivity contribution in [3.05, 3.63) is 70.6 Å². The van der Waals surface area contributed by atoms with Gasteiger partial charge in [-0.1, -0.05) is 18.2 Å². The van der Waals surface area contributed by atoms with E-state index in [9.17, 15) is 13.2 Å². The van der Waals surface area contributed by atoms with Crippen LogP contribution in [0.1, 0.15) is 37.9 Å². The zero-order valence-corrected chi connectivity index (χ0v) is 20.7. The van der Waals surface area contributed by atoms with Crippen molar-refractivity contribution in [2.45, 2.75) is 51.5 Å². The summed E-state index contributed by atoms with van der Waals surface area (Å²) in [6.07, 6.45) is -0.756. The number of alkyl halides is 3. The SMILES string of the molecule is CC(C)N1CCC(N(Cc2cccc(Br)n2)c2nccc(-c3ccc(C(F)(F)F)cc3)n2)CC1. The van der Waals surface area contributed by atoms with Crippen molar-refractivity contribution < 1.29 is 13.2 Å². The number of benzene rings is 1. The Morgan fingerprint density at radius 1 is 1.03 bits per heavy atom. The molecule has 0 saturated carbocycles. The number of rotatable bonds is 6. The fourth-order valence-corrected chi connectivity index (χ4v) is 4.65. The van der Waals surface area contributed by atoms with Crippen LogP contribution in [0, 0.1) is 0 Å². The molecule has 0 spiro atoms. The average Bonchev–Trinajstić information content (AvgIpc) is 2.82. The van der Waals surface area contributed by atoms with Gasteiger partial charge in [-0.3, -0.25) is 0 Å². The fraction of sp³-hybridized carbons (Fsp3) is 0.400. The highest BCUT2D eigenvalue weighted by molar-refractivity contribution is 9.10. The third-order valence-electron chi connectivity index (χ3n) is 6.18. The number of hydrogen-bond donors (Lipinski definition) is 0. The van der Waals surface area contributed by atoms with Crippen LogP contribution in [0.15, 0.2) is 59.3 Å². The minimum atomic E-state index is -4.37. The lowest BCUT2D eigenvalue weighted by molar-refractivity contribution is -0.137. The van der Waals surface area contributed by atoms with Gasteiger partial charge in [-0.15, -0.1) is 0 Å². The molecule has 2 aromatic heterocycles. The maximum Gasteiger partial charge on any atom is 0.416 e. The number of hydrogen-bond acceptors (Lipinski definition) is 5. The molecule has 1 saturated heterocycles. The highest BCUT2D eigenvalue weighted by Gasteiger charge is 2.30. The summed E-state index contributed by atoms with van der Waals surface area (Å²) in [6.45, 7) is 6.94. The van der Waals surface area contributed by atoms with E-state index >= 15 is 0 Å². The van der Waals surface area contributed by atoms with Gasteiger partial charge in [0.15, 0.2) is 0 Å². The van der Waals surface area contributed by atoms with Crippen molar-refractivity contribution in [1.29, 1.82) is 0 Å². The molecule has 1 aliphatic rings. The largest absolute Gasteiger partial charge is 0.416 e. The van der Waals surface area contributed by atoms with Crippen molar-refractivity contribution in [2.24, 2.45) is 0 Å². The van der Waals surface area contributed by atoms with E-state index in [1.54, 1.807) is 12.3 Å². The number of likely N-dealkylation sites (tertiary alicyclic amines) is 1. The maximum atomic E-state index is 13.0. The van der Waals surface area contributed by atoms with Crippen LogP contribution < -0.4 is 4.90 Å². The molecule has 3 heterocycles. The van der Waals surface area contributed by atoms with Crippen LogP contribution in [0.25, 0.3) is 11.3 Å². The maximum absolute atomic E-state index is 13.0. The predicted molar refractivity (Wildman–Crippen MR) is 130 cm³/mol. The summed E-state index contributed by atoms with van der Waals surface area (Å²) in [5.41, 5.74) is 1.42. The van der Waals surface area contributed by atoms with Gasteiger partial charge in [0, 0.05) is 36.9 Å². The first-order valence-electron chi connectivity index (χ1n) is 11.3. The van der Waals surface area contributed by atoms with Crippen molar-refractivity contribution in [1.82, 2.24) is 19.9 Å². The molecule has 4 rings (SSSR count). The molecular formula is C25H27BrF3N5. The minimum absolute atomic E-state index is 0.235. The van der Waals surface area contributed by atoms with Gasteiger partial charge >= 0.3 is 6.18 Å². The molecule has 0 radical (unpaired) electrons. The van der Waals surface area contributed by atoms with Crippen LogP contribution in [0.4, 0.5) is 19.1 Å². The van der Waals surface area contributed by atoms with Gasteiger partial charge in [-0.25, -0.2) is 15.0 Å². The lowest BCUT2D eigenvalue weighted by Crippen LogP contribution is -2.47. The summed E-state index contributed by atoms with van der Waals surface area (Å²) in [5, 5.41) is 0. The van der Waals surface area contributed by atoms with E-state index in [0.29, 0.717) is 29.8 Å². The zero-order chi connectivity index (χ0) is 24.3. The second-order valence-corrected chi connectivity index (χ2v) is 9.57. The van der Waals surface area contributed by atoms with Gasteiger partial charge in [0.2, 0.25) is 5.95 Å². The molecule has 0 amide bonds. The topological polar surface area (TPSA) is 45.2 Å². The van der Waals surface area contributed by atoms with Crippen molar-refractivity contribution >= 4 is 21.9 Å². The molecule has 5 nitrogen and oxygen atoms in total. The van der Waals surface area contributed by atoms with Crippen LogP contribution in [-0.2, 0) is 12.7 Å². The van der Waals surface area contributed by atoms with Gasteiger partial charge in [0.05, 0.1) is 23.5 Å². The minimum Gasteiger partial charge on any atom is -0.332 e. The van der Waals surface area contributed by atoms with E-state index in [0.717, 1.165) is 48.4 Å². The van der Waals surface area contributed by atoms with E-state index in [1.807, 2.05) is 18.2 Å². The van der Waals surface area contributed by atoms with E-state index < -0.39 is 11.7 Å². The van der Waals surface area contributed by atoms with Gasteiger partial charge in [-0.05, 0) is 73.0 Å². The third kappa shape index (κ3) is 5.93. The van der Waals surface area contributed by atoms with Crippen molar-refractivity contribution in [3.63, 3.8) is 0 Å². The van der Waals surface area contributed by atoms with Crippen molar-refractivity contribution in [3.8, 4) is 11.3 Å². The van der Waals surface area contributed by atoms with E-state index in [2.05, 4.69) is 49.5 Å². The summed E-state index contributed by atoms with van der Waals surface area (Å²) in [4.78, 5) is 18.6. The third-order valence-corrected chi connectivity index (χ3v) is 6.62. The highest BCUT2D eigenvalue weighted by atomic mass is 79.9. The smallest absolute Gasteiger partial charge is 0.332 e. The van der Waals surface area contributed by atoms with Gasteiger partial charge in [0.1, 0.15) is 4.60 Å². The Morgan fingerprint density at radius 3 is 2.35 bits per heavy atom. The Morgan fingerprint density at radius 2 is 1.74 bits per heavy atom. The second kappa shape index (κ2) is 10.4. The number of nitrogens with zero attached hydrogens (tertiary/aromatic N) is 5. The molecule has 0 N–H and O–H groups in total. The Bertz CT molecular complexity index is 1100. The van der Waals surface area contributed by atoms with Gasteiger partial charge in [0.25, 0.3) is 0 Å². The quantitative estimate of drug-likeness (QED) is 0.353. The summed E-state index contributed by atoms with van der Waals surface area (Å²) < 4.78 is 39.7. The normalized spacial score (nSPS) is 15.6. The lowest BCUT2D eigenvalue weighted by atomic mass is 10.0. The number of anilines is 1. The van der Waals surface area contributed by atoms with E-state index in [4.69, 9.17) is 4.98 Å². The lowest BCUT2D eigenvalue weighted by Gasteiger charge is -2.40. The van der Waals surface area contributed by atoms with Crippen molar-refractivity contribution in [2.75, 3.05) is 18.0 Å². The van der Waals surface area contributed by atoms with Crippen LogP contribution in [-0.4, -0.2) is 45.0 Å². The molecule has 0 aliphatic carbocycles. The van der Waals surface area contributed by atoms with Gasteiger partial charge < -0.3 is 9.80 Å². The van der Waals surface area contributed by atoms with E-state index in [1.165, 1.54) is 12.1 Å². The molecule has 0 bridgehead atoms. The van der Waals surface area contributed by atoms with E-state index in [-0.39, 0.29) is 6.04 Å². The Labute approximate surface area is 206 Å². The first-order chi connectivity index (χ1) is 16.2. The predicted octanol–water partition coefficient (Wildman–Crippen LogP) is 6.20. The summed E-state index contributed by atoms with van der Waals surface area (Å²) >= 11 is 3.44.